The Morgan fingerprint density at radius 3 is 2.74 bits per heavy atom. The van der Waals surface area contributed by atoms with Crippen LogP contribution in [0.1, 0.15) is 11.1 Å². The van der Waals surface area contributed by atoms with Crippen LogP contribution in [0.4, 0.5) is 0 Å². The minimum Gasteiger partial charge on any atom is -0.356 e. The zero-order valence-corrected chi connectivity index (χ0v) is 9.95. The molecule has 0 fully saturated rings. The molecule has 3 aromatic rings. The largest absolute Gasteiger partial charge is 0.356 e. The first kappa shape index (κ1) is 11.1. The van der Waals surface area contributed by atoms with Gasteiger partial charge < -0.3 is 9.51 Å². The van der Waals surface area contributed by atoms with Crippen molar-refractivity contribution in [1.29, 1.82) is 5.26 Å². The molecule has 92 valence electrons. The summed E-state index contributed by atoms with van der Waals surface area (Å²) in [5.74, 6) is 0.997. The third kappa shape index (κ3) is 2.07. The second-order valence-electron chi connectivity index (χ2n) is 3.92. The predicted octanol–water partition coefficient (Wildman–Crippen LogP) is 1.70. The monoisotopic (exact) mass is 252 g/mol. The number of nitriles is 1. The van der Waals surface area contributed by atoms with E-state index in [-0.39, 0.29) is 0 Å². The molecular weight excluding hydrogens is 244 g/mol. The highest BCUT2D eigenvalue weighted by atomic mass is 16.5. The van der Waals surface area contributed by atoms with Gasteiger partial charge in [0.2, 0.25) is 11.6 Å². The third-order valence-corrected chi connectivity index (χ3v) is 2.45. The first-order chi connectivity index (χ1) is 9.26. The van der Waals surface area contributed by atoms with Crippen LogP contribution >= 0.6 is 0 Å². The number of aromatic nitrogens is 5. The molecule has 0 radical (unpaired) electrons. The molecule has 0 aliphatic carbocycles. The fourth-order valence-corrected chi connectivity index (χ4v) is 1.51. The number of rotatable bonds is 2. The maximum Gasteiger partial charge on any atom is 0.274 e. The summed E-state index contributed by atoms with van der Waals surface area (Å²) in [4.78, 5) is 15.3. The van der Waals surface area contributed by atoms with Crippen LogP contribution in [0, 0.1) is 18.3 Å². The van der Waals surface area contributed by atoms with Crippen molar-refractivity contribution in [3.63, 3.8) is 0 Å². The molecule has 0 aromatic carbocycles. The lowest BCUT2D eigenvalue weighted by molar-refractivity contribution is 0.430. The van der Waals surface area contributed by atoms with E-state index in [0.29, 0.717) is 28.8 Å². The smallest absolute Gasteiger partial charge is 0.274 e. The van der Waals surface area contributed by atoms with E-state index >= 15 is 0 Å². The van der Waals surface area contributed by atoms with Crippen molar-refractivity contribution in [2.75, 3.05) is 0 Å². The van der Waals surface area contributed by atoms with Crippen molar-refractivity contribution < 1.29 is 4.52 Å². The Morgan fingerprint density at radius 2 is 2.05 bits per heavy atom. The molecule has 0 aliphatic heterocycles. The molecular formula is C12H8N6O. The van der Waals surface area contributed by atoms with Gasteiger partial charge in [-0.15, -0.1) is 0 Å². The van der Waals surface area contributed by atoms with Crippen molar-refractivity contribution >= 4 is 0 Å². The molecule has 0 saturated heterocycles. The van der Waals surface area contributed by atoms with Gasteiger partial charge in [-0.3, -0.25) is 0 Å². The molecule has 7 heteroatoms. The molecule has 7 nitrogen and oxygen atoms in total. The molecule has 1 N–H and O–H groups in total. The lowest BCUT2D eigenvalue weighted by Crippen LogP contribution is -1.90. The molecule has 3 aromatic heterocycles. The fraction of sp³-hybridized carbons (Fsp3) is 0.0833. The summed E-state index contributed by atoms with van der Waals surface area (Å²) in [6.45, 7) is 1.90. The third-order valence-electron chi connectivity index (χ3n) is 2.45. The van der Waals surface area contributed by atoms with Crippen LogP contribution in [0.5, 0.6) is 0 Å². The van der Waals surface area contributed by atoms with E-state index in [1.807, 2.05) is 13.0 Å². The summed E-state index contributed by atoms with van der Waals surface area (Å²) >= 11 is 0. The van der Waals surface area contributed by atoms with Crippen LogP contribution < -0.4 is 0 Å². The van der Waals surface area contributed by atoms with Gasteiger partial charge in [0.1, 0.15) is 11.8 Å². The Balaban J connectivity index is 1.95. The number of nitrogens with zero attached hydrogens (tertiary/aromatic N) is 5. The van der Waals surface area contributed by atoms with E-state index in [1.54, 1.807) is 24.7 Å². The molecule has 3 heterocycles. The molecule has 0 bridgehead atoms. The van der Waals surface area contributed by atoms with E-state index in [2.05, 4.69) is 25.1 Å². The van der Waals surface area contributed by atoms with Gasteiger partial charge in [-0.25, -0.2) is 9.97 Å². The Labute approximate surface area is 108 Å². The highest BCUT2D eigenvalue weighted by Gasteiger charge is 2.13. The van der Waals surface area contributed by atoms with Crippen LogP contribution in [-0.4, -0.2) is 25.1 Å². The number of hydrogen-bond donors (Lipinski definition) is 1. The summed E-state index contributed by atoms with van der Waals surface area (Å²) in [5, 5.41) is 12.6. The SMILES string of the molecule is Cc1cnc(-c2noc(-c3cc(C#N)c[nH]3)n2)nc1. The van der Waals surface area contributed by atoms with Gasteiger partial charge in [-0.2, -0.15) is 10.2 Å². The molecule has 0 unspecified atom stereocenters. The van der Waals surface area contributed by atoms with Crippen LogP contribution in [0.2, 0.25) is 0 Å². The minimum absolute atomic E-state index is 0.292. The number of nitrogens with one attached hydrogen (secondary N) is 1. The summed E-state index contributed by atoms with van der Waals surface area (Å²) in [7, 11) is 0. The summed E-state index contributed by atoms with van der Waals surface area (Å²) < 4.78 is 5.11. The molecule has 0 spiro atoms. The minimum atomic E-state index is 0.292. The second kappa shape index (κ2) is 4.34. The standard InChI is InChI=1S/C12H8N6O/c1-7-4-15-10(16-5-7)11-17-12(19-18-11)9-2-8(3-13)6-14-9/h2,4-6,14H,1H3. The average molecular weight is 252 g/mol. The number of H-pyrrole nitrogens is 1. The molecule has 19 heavy (non-hydrogen) atoms. The maximum absolute atomic E-state index is 8.75. The van der Waals surface area contributed by atoms with E-state index < -0.39 is 0 Å². The summed E-state index contributed by atoms with van der Waals surface area (Å²) in [6, 6.07) is 3.65. The van der Waals surface area contributed by atoms with Crippen LogP contribution in [0.25, 0.3) is 23.2 Å². The van der Waals surface area contributed by atoms with E-state index in [0.717, 1.165) is 5.56 Å². The number of aromatic amines is 1. The zero-order valence-electron chi connectivity index (χ0n) is 9.95. The molecule has 0 aliphatic rings. The van der Waals surface area contributed by atoms with Gasteiger partial charge in [0, 0.05) is 18.6 Å². The van der Waals surface area contributed by atoms with Gasteiger partial charge >= 0.3 is 0 Å². The van der Waals surface area contributed by atoms with Gasteiger partial charge in [0.25, 0.3) is 5.89 Å². The Kier molecular flexibility index (Phi) is 2.54. The number of aryl methyl sites for hydroxylation is 1. The quantitative estimate of drug-likeness (QED) is 0.744. The Morgan fingerprint density at radius 1 is 1.26 bits per heavy atom. The Hall–Kier alpha value is -3.01. The van der Waals surface area contributed by atoms with Crippen molar-refractivity contribution in [2.24, 2.45) is 0 Å². The molecule has 3 rings (SSSR count). The first-order valence-corrected chi connectivity index (χ1v) is 5.48. The van der Waals surface area contributed by atoms with E-state index in [4.69, 9.17) is 9.78 Å². The second-order valence-corrected chi connectivity index (χ2v) is 3.92. The summed E-state index contributed by atoms with van der Waals surface area (Å²) in [5.41, 5.74) is 2.04. The average Bonchev–Trinajstić information content (AvgIpc) is 3.08. The van der Waals surface area contributed by atoms with Gasteiger partial charge in [0.05, 0.1) is 5.56 Å². The van der Waals surface area contributed by atoms with Gasteiger partial charge in [-0.1, -0.05) is 5.16 Å². The van der Waals surface area contributed by atoms with Crippen LogP contribution in [0.15, 0.2) is 29.2 Å². The highest BCUT2D eigenvalue weighted by Crippen LogP contribution is 2.19. The zero-order chi connectivity index (χ0) is 13.2. The Bertz CT molecular complexity index is 749. The summed E-state index contributed by atoms with van der Waals surface area (Å²) in [6.07, 6.45) is 4.93. The van der Waals surface area contributed by atoms with E-state index in [1.165, 1.54) is 0 Å². The molecule has 0 atom stereocenters. The highest BCUT2D eigenvalue weighted by molar-refractivity contribution is 5.54. The molecule has 0 saturated carbocycles. The van der Waals surface area contributed by atoms with Crippen molar-refractivity contribution in [2.45, 2.75) is 6.92 Å². The van der Waals surface area contributed by atoms with Crippen molar-refractivity contribution in [3.8, 4) is 29.3 Å². The van der Waals surface area contributed by atoms with Crippen LogP contribution in [0.3, 0.4) is 0 Å². The van der Waals surface area contributed by atoms with Gasteiger partial charge in [-0.05, 0) is 18.6 Å². The van der Waals surface area contributed by atoms with Crippen molar-refractivity contribution in [3.05, 3.63) is 35.8 Å². The lowest BCUT2D eigenvalue weighted by Gasteiger charge is -1.92. The molecule has 0 amide bonds. The number of hydrogen-bond acceptors (Lipinski definition) is 6. The van der Waals surface area contributed by atoms with Crippen molar-refractivity contribution in [1.82, 2.24) is 25.1 Å². The topological polar surface area (TPSA) is 104 Å². The lowest BCUT2D eigenvalue weighted by atomic mass is 10.3. The fourth-order valence-electron chi connectivity index (χ4n) is 1.51. The predicted molar refractivity (Wildman–Crippen MR) is 64.6 cm³/mol. The van der Waals surface area contributed by atoms with Gasteiger partial charge in [0.15, 0.2) is 0 Å². The van der Waals surface area contributed by atoms with E-state index in [9.17, 15) is 0 Å². The first-order valence-electron chi connectivity index (χ1n) is 5.48. The van der Waals surface area contributed by atoms with Crippen LogP contribution in [-0.2, 0) is 0 Å². The maximum atomic E-state index is 8.75. The normalized spacial score (nSPS) is 10.3.